The number of hydrogen-bond donors (Lipinski definition) is 0. The molecule has 0 saturated carbocycles. The van der Waals surface area contributed by atoms with E-state index < -0.39 is 0 Å². The summed E-state index contributed by atoms with van der Waals surface area (Å²) in [6.07, 6.45) is 2.94. The zero-order valence-corrected chi connectivity index (χ0v) is 8.76. The molecule has 2 aromatic rings. The normalized spacial score (nSPS) is 10.0. The van der Waals surface area contributed by atoms with E-state index in [0.717, 1.165) is 6.42 Å². The predicted octanol–water partition coefficient (Wildman–Crippen LogP) is 3.98. The Morgan fingerprint density at radius 2 is 1.93 bits per heavy atom. The molecule has 1 aromatic heterocycles. The quantitative estimate of drug-likeness (QED) is 0.703. The zero-order chi connectivity index (χ0) is 9.80. The van der Waals surface area contributed by atoms with Gasteiger partial charge in [0.25, 0.3) is 0 Å². The lowest BCUT2D eigenvalue weighted by molar-refractivity contribution is 1.21. The van der Waals surface area contributed by atoms with E-state index in [4.69, 9.17) is 0 Å². The van der Waals surface area contributed by atoms with E-state index in [9.17, 15) is 0 Å². The molecular formula is C13H12S. The van der Waals surface area contributed by atoms with Gasteiger partial charge in [0, 0.05) is 4.88 Å². The Kier molecular flexibility index (Phi) is 2.80. The van der Waals surface area contributed by atoms with Gasteiger partial charge in [-0.15, -0.1) is 11.3 Å². The first-order chi connectivity index (χ1) is 6.90. The highest BCUT2D eigenvalue weighted by atomic mass is 32.1. The summed E-state index contributed by atoms with van der Waals surface area (Å²) < 4.78 is 0. The van der Waals surface area contributed by atoms with Gasteiger partial charge in [-0.1, -0.05) is 43.0 Å². The molecule has 0 amide bonds. The van der Waals surface area contributed by atoms with Crippen LogP contribution in [0.15, 0.2) is 48.4 Å². The first-order valence-corrected chi connectivity index (χ1v) is 5.51. The molecule has 0 aliphatic rings. The van der Waals surface area contributed by atoms with Crippen LogP contribution in [0.2, 0.25) is 0 Å². The second-order valence-corrected chi connectivity index (χ2v) is 4.12. The molecule has 0 radical (unpaired) electrons. The molecule has 1 heteroatoms. The molecule has 1 aromatic carbocycles. The van der Waals surface area contributed by atoms with E-state index in [0.29, 0.717) is 0 Å². The van der Waals surface area contributed by atoms with Gasteiger partial charge in [0.05, 0.1) is 0 Å². The summed E-state index contributed by atoms with van der Waals surface area (Å²) >= 11 is 1.75. The molecule has 1 heterocycles. The molecule has 0 atom stereocenters. The monoisotopic (exact) mass is 200 g/mol. The number of benzene rings is 1. The van der Waals surface area contributed by atoms with E-state index in [-0.39, 0.29) is 0 Å². The summed E-state index contributed by atoms with van der Waals surface area (Å²) in [5, 5.41) is 2.12. The third-order valence-electron chi connectivity index (χ3n) is 2.20. The van der Waals surface area contributed by atoms with E-state index in [1.54, 1.807) is 11.3 Å². The topological polar surface area (TPSA) is 0 Å². The maximum atomic E-state index is 3.82. The Morgan fingerprint density at radius 3 is 2.64 bits per heavy atom. The Bertz CT molecular complexity index is 412. The lowest BCUT2D eigenvalue weighted by atomic mass is 10.1. The van der Waals surface area contributed by atoms with Crippen LogP contribution < -0.4 is 0 Å². The second kappa shape index (κ2) is 4.25. The molecular weight excluding hydrogens is 188 g/mol. The highest BCUT2D eigenvalue weighted by Gasteiger charge is 2.01. The van der Waals surface area contributed by atoms with Crippen LogP contribution in [0, 0.1) is 0 Å². The highest BCUT2D eigenvalue weighted by Crippen LogP contribution is 2.20. The molecule has 2 rings (SSSR count). The van der Waals surface area contributed by atoms with Crippen molar-refractivity contribution in [1.29, 1.82) is 0 Å². The van der Waals surface area contributed by atoms with Crippen molar-refractivity contribution in [3.63, 3.8) is 0 Å². The van der Waals surface area contributed by atoms with E-state index >= 15 is 0 Å². The third-order valence-corrected chi connectivity index (χ3v) is 3.16. The Hall–Kier alpha value is -1.34. The van der Waals surface area contributed by atoms with Gasteiger partial charge in [0.15, 0.2) is 0 Å². The van der Waals surface area contributed by atoms with Gasteiger partial charge in [-0.3, -0.25) is 0 Å². The average molecular weight is 200 g/mol. The first-order valence-electron chi connectivity index (χ1n) is 4.63. The van der Waals surface area contributed by atoms with Gasteiger partial charge in [-0.25, -0.2) is 0 Å². The van der Waals surface area contributed by atoms with Crippen LogP contribution in [0.5, 0.6) is 0 Å². The van der Waals surface area contributed by atoms with Crippen molar-refractivity contribution >= 4 is 17.4 Å². The van der Waals surface area contributed by atoms with Crippen LogP contribution in [0.4, 0.5) is 0 Å². The van der Waals surface area contributed by atoms with Crippen LogP contribution in [-0.2, 0) is 6.42 Å². The van der Waals surface area contributed by atoms with Crippen LogP contribution in [-0.4, -0.2) is 0 Å². The summed E-state index contributed by atoms with van der Waals surface area (Å²) in [7, 11) is 0. The number of rotatable bonds is 3. The Labute approximate surface area is 88.5 Å². The molecule has 14 heavy (non-hydrogen) atoms. The van der Waals surface area contributed by atoms with Crippen molar-refractivity contribution in [2.75, 3.05) is 0 Å². The largest absolute Gasteiger partial charge is 0.144 e. The molecule has 70 valence electrons. The van der Waals surface area contributed by atoms with Gasteiger partial charge in [0.1, 0.15) is 0 Å². The molecule has 0 saturated heterocycles. The van der Waals surface area contributed by atoms with Crippen molar-refractivity contribution in [3.8, 4) is 0 Å². The summed E-state index contributed by atoms with van der Waals surface area (Å²) in [5.74, 6) is 0. The predicted molar refractivity (Wildman–Crippen MR) is 63.7 cm³/mol. The van der Waals surface area contributed by atoms with Crippen molar-refractivity contribution in [2.24, 2.45) is 0 Å². The van der Waals surface area contributed by atoms with Crippen molar-refractivity contribution in [1.82, 2.24) is 0 Å². The van der Waals surface area contributed by atoms with Crippen LogP contribution in [0.1, 0.15) is 16.0 Å². The minimum Gasteiger partial charge on any atom is -0.144 e. The molecule has 0 unspecified atom stereocenters. The van der Waals surface area contributed by atoms with Gasteiger partial charge in [-0.2, -0.15) is 0 Å². The van der Waals surface area contributed by atoms with Crippen molar-refractivity contribution in [3.05, 3.63) is 64.4 Å². The van der Waals surface area contributed by atoms with E-state index in [2.05, 4.69) is 42.3 Å². The third kappa shape index (κ3) is 1.94. The fourth-order valence-electron chi connectivity index (χ4n) is 1.49. The standard InChI is InChI=1S/C13H12S/c1-2-13-12(8-9-14-13)10-11-6-4-3-5-7-11/h2-9H,1,10H2. The smallest absolute Gasteiger partial charge is 0.0299 e. The minimum absolute atomic E-state index is 1.01. The van der Waals surface area contributed by atoms with Crippen molar-refractivity contribution < 1.29 is 0 Å². The maximum absolute atomic E-state index is 3.82. The SMILES string of the molecule is C=Cc1sccc1Cc1ccccc1. The fraction of sp³-hybridized carbons (Fsp3) is 0.0769. The van der Waals surface area contributed by atoms with Gasteiger partial charge in [0.2, 0.25) is 0 Å². The number of thiophene rings is 1. The average Bonchev–Trinajstić information content (AvgIpc) is 2.67. The molecule has 0 aliphatic carbocycles. The molecule has 0 spiro atoms. The van der Waals surface area contributed by atoms with Crippen LogP contribution in [0.25, 0.3) is 6.08 Å². The summed E-state index contributed by atoms with van der Waals surface area (Å²) in [5.41, 5.74) is 2.73. The molecule has 0 bridgehead atoms. The second-order valence-electron chi connectivity index (χ2n) is 3.18. The fourth-order valence-corrected chi connectivity index (χ4v) is 2.26. The Morgan fingerprint density at radius 1 is 1.14 bits per heavy atom. The van der Waals surface area contributed by atoms with E-state index in [1.807, 2.05) is 12.1 Å². The van der Waals surface area contributed by atoms with Gasteiger partial charge < -0.3 is 0 Å². The summed E-state index contributed by atoms with van der Waals surface area (Å²) in [4.78, 5) is 1.29. The lowest BCUT2D eigenvalue weighted by Gasteiger charge is -2.00. The van der Waals surface area contributed by atoms with Crippen LogP contribution >= 0.6 is 11.3 Å². The first kappa shape index (κ1) is 9.22. The molecule has 0 nitrogen and oxygen atoms in total. The zero-order valence-electron chi connectivity index (χ0n) is 7.94. The summed E-state index contributed by atoms with van der Waals surface area (Å²) in [6.45, 7) is 3.82. The molecule has 0 fully saturated rings. The Balaban J connectivity index is 2.23. The van der Waals surface area contributed by atoms with Gasteiger partial charge >= 0.3 is 0 Å². The molecule has 0 aliphatic heterocycles. The van der Waals surface area contributed by atoms with Gasteiger partial charge in [-0.05, 0) is 29.0 Å². The maximum Gasteiger partial charge on any atom is 0.0299 e. The minimum atomic E-state index is 1.01. The molecule has 0 N–H and O–H groups in total. The lowest BCUT2D eigenvalue weighted by Crippen LogP contribution is -1.86. The van der Waals surface area contributed by atoms with E-state index in [1.165, 1.54) is 16.0 Å². The van der Waals surface area contributed by atoms with Crippen LogP contribution in [0.3, 0.4) is 0 Å². The number of hydrogen-bond acceptors (Lipinski definition) is 1. The van der Waals surface area contributed by atoms with Crippen molar-refractivity contribution in [2.45, 2.75) is 6.42 Å². The highest BCUT2D eigenvalue weighted by molar-refractivity contribution is 7.11. The summed E-state index contributed by atoms with van der Waals surface area (Å²) in [6, 6.07) is 12.7.